The van der Waals surface area contributed by atoms with E-state index in [1.54, 1.807) is 19.1 Å². The summed E-state index contributed by atoms with van der Waals surface area (Å²) in [6, 6.07) is 8.67. The number of benzene rings is 1. The maximum Gasteiger partial charge on any atom is 0.268 e. The Hall–Kier alpha value is -2.80. The first-order chi connectivity index (χ1) is 11.5. The Morgan fingerprint density at radius 2 is 2.12 bits per heavy atom. The molecule has 6 nitrogen and oxygen atoms in total. The van der Waals surface area contributed by atoms with Crippen LogP contribution in [0.2, 0.25) is 0 Å². The van der Waals surface area contributed by atoms with Crippen molar-refractivity contribution in [1.82, 2.24) is 4.98 Å². The number of pyridine rings is 1. The molecule has 3 rings (SSSR count). The van der Waals surface area contributed by atoms with E-state index in [0.29, 0.717) is 38.8 Å². The molecule has 0 unspecified atom stereocenters. The lowest BCUT2D eigenvalue weighted by molar-refractivity contribution is 0.103. The first-order valence-corrected chi connectivity index (χ1v) is 8.28. The zero-order chi connectivity index (χ0) is 17.3. The number of amides is 1. The van der Waals surface area contributed by atoms with Gasteiger partial charge in [-0.3, -0.25) is 9.59 Å². The SMILES string of the molecule is CCOc1ccccc1NC(=O)c1sc2[nH]c(=O)cc(C)c2c1N. The summed E-state index contributed by atoms with van der Waals surface area (Å²) in [5, 5.41) is 3.53. The Bertz CT molecular complexity index is 975. The summed E-state index contributed by atoms with van der Waals surface area (Å²) in [6.07, 6.45) is 0. The van der Waals surface area contributed by atoms with E-state index in [0.717, 1.165) is 5.56 Å². The molecule has 0 radical (unpaired) electrons. The molecular weight excluding hydrogens is 326 g/mol. The number of ether oxygens (including phenoxy) is 1. The number of thiophene rings is 1. The molecule has 4 N–H and O–H groups in total. The number of fused-ring (bicyclic) bond motifs is 1. The van der Waals surface area contributed by atoms with Crippen molar-refractivity contribution in [2.24, 2.45) is 0 Å². The van der Waals surface area contributed by atoms with E-state index in [1.165, 1.54) is 17.4 Å². The van der Waals surface area contributed by atoms with E-state index in [4.69, 9.17) is 10.5 Å². The Balaban J connectivity index is 2.00. The third-order valence-electron chi connectivity index (χ3n) is 3.57. The molecule has 0 aliphatic heterocycles. The minimum absolute atomic E-state index is 0.213. The molecule has 1 amide bonds. The second-order valence-electron chi connectivity index (χ2n) is 5.25. The molecule has 0 fully saturated rings. The van der Waals surface area contributed by atoms with Crippen molar-refractivity contribution in [3.63, 3.8) is 0 Å². The molecule has 2 aromatic heterocycles. The summed E-state index contributed by atoms with van der Waals surface area (Å²) in [4.78, 5) is 27.9. The number of aryl methyl sites for hydroxylation is 1. The topological polar surface area (TPSA) is 97.2 Å². The number of carbonyl (C=O) groups is 1. The van der Waals surface area contributed by atoms with Gasteiger partial charge in [0.15, 0.2) is 0 Å². The summed E-state index contributed by atoms with van der Waals surface area (Å²) >= 11 is 1.17. The summed E-state index contributed by atoms with van der Waals surface area (Å²) in [5.41, 5.74) is 7.62. The van der Waals surface area contributed by atoms with Crippen LogP contribution >= 0.6 is 11.3 Å². The van der Waals surface area contributed by atoms with Gasteiger partial charge in [-0.1, -0.05) is 12.1 Å². The van der Waals surface area contributed by atoms with E-state index >= 15 is 0 Å². The largest absolute Gasteiger partial charge is 0.492 e. The second-order valence-corrected chi connectivity index (χ2v) is 6.27. The van der Waals surface area contributed by atoms with Crippen molar-refractivity contribution in [3.8, 4) is 5.75 Å². The van der Waals surface area contributed by atoms with Crippen molar-refractivity contribution < 1.29 is 9.53 Å². The normalized spacial score (nSPS) is 10.8. The minimum Gasteiger partial charge on any atom is -0.492 e. The highest BCUT2D eigenvalue weighted by molar-refractivity contribution is 7.21. The van der Waals surface area contributed by atoms with Crippen LogP contribution in [0.5, 0.6) is 5.75 Å². The van der Waals surface area contributed by atoms with Gasteiger partial charge in [-0.2, -0.15) is 0 Å². The molecule has 0 bridgehead atoms. The number of nitrogens with two attached hydrogens (primary N) is 1. The molecule has 2 heterocycles. The van der Waals surface area contributed by atoms with Crippen LogP contribution in [0, 0.1) is 6.92 Å². The Morgan fingerprint density at radius 3 is 2.88 bits per heavy atom. The molecular formula is C17H17N3O3S. The average molecular weight is 343 g/mol. The third kappa shape index (κ3) is 2.85. The van der Waals surface area contributed by atoms with Crippen molar-refractivity contribution in [2.45, 2.75) is 13.8 Å². The Labute approximate surface area is 142 Å². The van der Waals surface area contributed by atoms with Gasteiger partial charge in [0.1, 0.15) is 15.5 Å². The summed E-state index contributed by atoms with van der Waals surface area (Å²) in [5.74, 6) is 0.263. The number of nitrogens with one attached hydrogen (secondary N) is 2. The smallest absolute Gasteiger partial charge is 0.268 e. The van der Waals surface area contributed by atoms with Crippen LogP contribution in [0.1, 0.15) is 22.2 Å². The van der Waals surface area contributed by atoms with Gasteiger partial charge in [-0.05, 0) is 31.5 Å². The van der Waals surface area contributed by atoms with Gasteiger partial charge in [-0.15, -0.1) is 11.3 Å². The molecule has 0 saturated carbocycles. The molecule has 0 spiro atoms. The molecule has 0 saturated heterocycles. The van der Waals surface area contributed by atoms with E-state index in [2.05, 4.69) is 10.3 Å². The van der Waals surface area contributed by atoms with Gasteiger partial charge in [0.2, 0.25) is 5.56 Å². The summed E-state index contributed by atoms with van der Waals surface area (Å²) in [7, 11) is 0. The molecule has 24 heavy (non-hydrogen) atoms. The number of aromatic nitrogens is 1. The zero-order valence-electron chi connectivity index (χ0n) is 13.3. The summed E-state index contributed by atoms with van der Waals surface area (Å²) < 4.78 is 5.51. The number of hydrogen-bond acceptors (Lipinski definition) is 5. The fourth-order valence-corrected chi connectivity index (χ4v) is 3.62. The van der Waals surface area contributed by atoms with Crippen LogP contribution in [-0.4, -0.2) is 17.5 Å². The number of anilines is 2. The van der Waals surface area contributed by atoms with Crippen molar-refractivity contribution in [1.29, 1.82) is 0 Å². The standard InChI is InChI=1S/C17H17N3O3S/c1-3-23-11-7-5-4-6-10(11)19-16(22)15-14(18)13-9(2)8-12(21)20-17(13)24-15/h4-8H,3,18H2,1-2H3,(H,19,22)(H,20,21). The number of para-hydroxylation sites is 2. The predicted molar refractivity (Wildman–Crippen MR) is 97.2 cm³/mol. The number of H-pyrrole nitrogens is 1. The second kappa shape index (κ2) is 6.37. The van der Waals surface area contributed by atoms with Gasteiger partial charge >= 0.3 is 0 Å². The van der Waals surface area contributed by atoms with Gasteiger partial charge in [0.05, 0.1) is 18.0 Å². The van der Waals surface area contributed by atoms with Crippen molar-refractivity contribution in [3.05, 3.63) is 51.1 Å². The molecule has 0 aliphatic carbocycles. The number of nitrogen functional groups attached to an aromatic ring is 1. The number of hydrogen-bond donors (Lipinski definition) is 3. The fraction of sp³-hybridized carbons (Fsp3) is 0.176. The lowest BCUT2D eigenvalue weighted by Gasteiger charge is -2.10. The van der Waals surface area contributed by atoms with Gasteiger partial charge < -0.3 is 20.8 Å². The Kier molecular flexibility index (Phi) is 4.26. The van der Waals surface area contributed by atoms with E-state index < -0.39 is 0 Å². The number of rotatable bonds is 4. The van der Waals surface area contributed by atoms with Gasteiger partial charge in [-0.25, -0.2) is 0 Å². The summed E-state index contributed by atoms with van der Waals surface area (Å²) in [6.45, 7) is 4.17. The highest BCUT2D eigenvalue weighted by atomic mass is 32.1. The van der Waals surface area contributed by atoms with Crippen LogP contribution in [-0.2, 0) is 0 Å². The first-order valence-electron chi connectivity index (χ1n) is 7.46. The highest BCUT2D eigenvalue weighted by Crippen LogP contribution is 2.34. The van der Waals surface area contributed by atoms with Crippen LogP contribution in [0.3, 0.4) is 0 Å². The third-order valence-corrected chi connectivity index (χ3v) is 4.68. The number of carbonyl (C=O) groups excluding carboxylic acids is 1. The quantitative estimate of drug-likeness (QED) is 0.678. The molecule has 0 atom stereocenters. The monoisotopic (exact) mass is 343 g/mol. The zero-order valence-corrected chi connectivity index (χ0v) is 14.1. The van der Waals surface area contributed by atoms with Crippen LogP contribution < -0.4 is 21.3 Å². The minimum atomic E-state index is -0.332. The highest BCUT2D eigenvalue weighted by Gasteiger charge is 2.19. The average Bonchev–Trinajstić information content (AvgIpc) is 2.86. The van der Waals surface area contributed by atoms with Crippen molar-refractivity contribution in [2.75, 3.05) is 17.7 Å². The number of aromatic amines is 1. The molecule has 3 aromatic rings. The van der Waals surface area contributed by atoms with Gasteiger partial charge in [0.25, 0.3) is 5.91 Å². The van der Waals surface area contributed by atoms with Crippen LogP contribution in [0.25, 0.3) is 10.2 Å². The molecule has 124 valence electrons. The molecule has 1 aromatic carbocycles. The van der Waals surface area contributed by atoms with E-state index in [1.807, 2.05) is 19.1 Å². The first kappa shape index (κ1) is 16.1. The maximum atomic E-state index is 12.6. The lowest BCUT2D eigenvalue weighted by Crippen LogP contribution is -2.13. The van der Waals surface area contributed by atoms with Gasteiger partial charge in [0, 0.05) is 11.5 Å². The maximum absolute atomic E-state index is 12.6. The van der Waals surface area contributed by atoms with E-state index in [9.17, 15) is 9.59 Å². The molecule has 0 aliphatic rings. The lowest BCUT2D eigenvalue weighted by atomic mass is 10.1. The van der Waals surface area contributed by atoms with Crippen LogP contribution in [0.15, 0.2) is 35.1 Å². The molecule has 7 heteroatoms. The van der Waals surface area contributed by atoms with Crippen LogP contribution in [0.4, 0.5) is 11.4 Å². The Morgan fingerprint density at radius 1 is 1.38 bits per heavy atom. The van der Waals surface area contributed by atoms with E-state index in [-0.39, 0.29) is 11.5 Å². The van der Waals surface area contributed by atoms with Crippen molar-refractivity contribution >= 4 is 38.8 Å². The predicted octanol–water partition coefficient (Wildman–Crippen LogP) is 3.13. The fourth-order valence-electron chi connectivity index (χ4n) is 2.54.